The summed E-state index contributed by atoms with van der Waals surface area (Å²) in [5.74, 6) is 0.135. The Kier molecular flexibility index (Phi) is 7.80. The molecule has 28 heavy (non-hydrogen) atoms. The second-order valence-corrected chi connectivity index (χ2v) is 7.37. The van der Waals surface area contributed by atoms with Crippen LogP contribution >= 0.6 is 0 Å². The standard InChI is InChI=1S/C20H29N3O5/c1-5-26-18(24)16-14-15(28-22-16)10-7-9-13-23(17-11-6-8-12-21-17)19(25)27-20(2,3)4/h6,8,11-12,14-15,22H,5,7,9-10,13H2,1-4H3. The van der Waals surface area contributed by atoms with Crippen LogP contribution in [0.15, 0.2) is 36.2 Å². The molecule has 1 amide bonds. The minimum atomic E-state index is -0.582. The van der Waals surface area contributed by atoms with Gasteiger partial charge >= 0.3 is 12.1 Å². The first kappa shape index (κ1) is 21.7. The molecule has 1 unspecified atom stereocenters. The average molecular weight is 391 g/mol. The number of amides is 1. The summed E-state index contributed by atoms with van der Waals surface area (Å²) in [4.78, 5) is 35.4. The zero-order valence-corrected chi connectivity index (χ0v) is 16.9. The lowest BCUT2D eigenvalue weighted by molar-refractivity contribution is -0.140. The fraction of sp³-hybridized carbons (Fsp3) is 0.550. The summed E-state index contributed by atoms with van der Waals surface area (Å²) in [6.45, 7) is 8.04. The fourth-order valence-electron chi connectivity index (χ4n) is 2.60. The maximum Gasteiger partial charge on any atom is 0.416 e. The van der Waals surface area contributed by atoms with E-state index in [-0.39, 0.29) is 6.10 Å². The number of ether oxygens (including phenoxy) is 2. The highest BCUT2D eigenvalue weighted by molar-refractivity contribution is 5.88. The normalized spacial score (nSPS) is 16.1. The molecule has 1 aliphatic rings. The molecule has 1 aromatic heterocycles. The molecule has 0 spiro atoms. The van der Waals surface area contributed by atoms with Gasteiger partial charge in [0.15, 0.2) is 0 Å². The van der Waals surface area contributed by atoms with Crippen molar-refractivity contribution in [1.82, 2.24) is 10.5 Å². The van der Waals surface area contributed by atoms with E-state index in [4.69, 9.17) is 14.3 Å². The second-order valence-electron chi connectivity index (χ2n) is 7.37. The highest BCUT2D eigenvalue weighted by Gasteiger charge is 2.25. The van der Waals surface area contributed by atoms with Crippen molar-refractivity contribution in [2.24, 2.45) is 0 Å². The number of hydrogen-bond donors (Lipinski definition) is 1. The van der Waals surface area contributed by atoms with Crippen molar-refractivity contribution in [2.75, 3.05) is 18.1 Å². The number of nitrogens with zero attached hydrogens (tertiary/aromatic N) is 2. The van der Waals surface area contributed by atoms with Gasteiger partial charge in [0.1, 0.15) is 23.2 Å². The van der Waals surface area contributed by atoms with E-state index in [1.54, 1.807) is 36.2 Å². The molecule has 0 fully saturated rings. The molecule has 154 valence electrons. The molecular weight excluding hydrogens is 362 g/mol. The first-order valence-electron chi connectivity index (χ1n) is 9.52. The van der Waals surface area contributed by atoms with E-state index in [1.807, 2.05) is 26.8 Å². The third-order valence-electron chi connectivity index (χ3n) is 3.83. The molecule has 2 heterocycles. The molecule has 8 nitrogen and oxygen atoms in total. The van der Waals surface area contributed by atoms with Gasteiger partial charge in [-0.15, -0.1) is 0 Å². The third kappa shape index (κ3) is 6.84. The van der Waals surface area contributed by atoms with E-state index in [2.05, 4.69) is 10.5 Å². The van der Waals surface area contributed by atoms with E-state index >= 15 is 0 Å². The number of unbranched alkanes of at least 4 members (excludes halogenated alkanes) is 1. The zero-order valence-electron chi connectivity index (χ0n) is 16.9. The summed E-state index contributed by atoms with van der Waals surface area (Å²) >= 11 is 0. The molecule has 0 aromatic carbocycles. The van der Waals surface area contributed by atoms with Crippen molar-refractivity contribution < 1.29 is 23.9 Å². The van der Waals surface area contributed by atoms with Gasteiger partial charge in [0.25, 0.3) is 0 Å². The van der Waals surface area contributed by atoms with Crippen molar-refractivity contribution in [2.45, 2.75) is 58.7 Å². The predicted octanol–water partition coefficient (Wildman–Crippen LogP) is 3.34. The summed E-state index contributed by atoms with van der Waals surface area (Å²) in [7, 11) is 0. The monoisotopic (exact) mass is 391 g/mol. The van der Waals surface area contributed by atoms with Crippen LogP contribution in [0.4, 0.5) is 10.6 Å². The molecular formula is C20H29N3O5. The Morgan fingerprint density at radius 1 is 1.29 bits per heavy atom. The number of anilines is 1. The zero-order chi connectivity index (χ0) is 20.6. The highest BCUT2D eigenvalue weighted by atomic mass is 16.7. The molecule has 0 aliphatic carbocycles. The van der Waals surface area contributed by atoms with Crippen LogP contribution in [0.25, 0.3) is 0 Å². The lowest BCUT2D eigenvalue weighted by atomic mass is 10.1. The molecule has 0 saturated heterocycles. The molecule has 0 bridgehead atoms. The van der Waals surface area contributed by atoms with Gasteiger partial charge in [0.2, 0.25) is 0 Å². The molecule has 2 rings (SSSR count). The Morgan fingerprint density at radius 2 is 2.07 bits per heavy atom. The van der Waals surface area contributed by atoms with E-state index in [0.717, 1.165) is 12.8 Å². The second kappa shape index (κ2) is 10.1. The van der Waals surface area contributed by atoms with Crippen molar-refractivity contribution in [1.29, 1.82) is 0 Å². The highest BCUT2D eigenvalue weighted by Crippen LogP contribution is 2.18. The third-order valence-corrected chi connectivity index (χ3v) is 3.83. The van der Waals surface area contributed by atoms with Crippen LogP contribution in [-0.4, -0.2) is 41.9 Å². The number of esters is 1. The number of nitrogens with one attached hydrogen (secondary N) is 1. The molecule has 1 atom stereocenters. The van der Waals surface area contributed by atoms with Crippen LogP contribution in [0.1, 0.15) is 47.0 Å². The Bertz CT molecular complexity index is 685. The largest absolute Gasteiger partial charge is 0.461 e. The number of hydroxylamine groups is 1. The van der Waals surface area contributed by atoms with Crippen molar-refractivity contribution >= 4 is 17.9 Å². The molecule has 1 N–H and O–H groups in total. The summed E-state index contributed by atoms with van der Waals surface area (Å²) in [6.07, 6.45) is 4.98. The van der Waals surface area contributed by atoms with Gasteiger partial charge in [0.05, 0.1) is 6.61 Å². The van der Waals surface area contributed by atoms with Crippen LogP contribution in [0.2, 0.25) is 0 Å². The van der Waals surface area contributed by atoms with Gasteiger partial charge in [0, 0.05) is 12.7 Å². The van der Waals surface area contributed by atoms with Gasteiger partial charge in [-0.1, -0.05) is 6.07 Å². The van der Waals surface area contributed by atoms with E-state index in [0.29, 0.717) is 31.1 Å². The SMILES string of the molecule is CCOC(=O)C1=CC(CCCCN(C(=O)OC(C)(C)C)c2ccccn2)ON1. The number of carbonyl (C=O) groups excluding carboxylic acids is 2. The van der Waals surface area contributed by atoms with Crippen molar-refractivity contribution in [3.63, 3.8) is 0 Å². The Hall–Kier alpha value is -2.61. The molecule has 1 aliphatic heterocycles. The predicted molar refractivity (Wildman–Crippen MR) is 104 cm³/mol. The number of rotatable bonds is 8. The summed E-state index contributed by atoms with van der Waals surface area (Å²) in [6, 6.07) is 5.41. The van der Waals surface area contributed by atoms with Gasteiger partial charge in [-0.2, -0.15) is 0 Å². The van der Waals surface area contributed by atoms with Crippen LogP contribution in [-0.2, 0) is 19.1 Å². The number of hydrogen-bond acceptors (Lipinski definition) is 7. The lowest BCUT2D eigenvalue weighted by Gasteiger charge is -2.26. The number of carbonyl (C=O) groups is 2. The Balaban J connectivity index is 1.87. The maximum absolute atomic E-state index is 12.6. The smallest absolute Gasteiger partial charge is 0.416 e. The van der Waals surface area contributed by atoms with Crippen molar-refractivity contribution in [3.05, 3.63) is 36.2 Å². The van der Waals surface area contributed by atoms with E-state index < -0.39 is 17.7 Å². The average Bonchev–Trinajstić information content (AvgIpc) is 3.10. The number of aromatic nitrogens is 1. The minimum absolute atomic E-state index is 0.204. The van der Waals surface area contributed by atoms with Gasteiger partial charge in [-0.25, -0.2) is 14.6 Å². The minimum Gasteiger partial charge on any atom is -0.461 e. The fourth-order valence-corrected chi connectivity index (χ4v) is 2.60. The summed E-state index contributed by atoms with van der Waals surface area (Å²) in [5, 5.41) is 0. The number of pyridine rings is 1. The van der Waals surface area contributed by atoms with Gasteiger partial charge in [-0.05, 0) is 65.2 Å². The topological polar surface area (TPSA) is 90.0 Å². The van der Waals surface area contributed by atoms with E-state index in [9.17, 15) is 9.59 Å². The molecule has 1 aromatic rings. The quantitative estimate of drug-likeness (QED) is 0.537. The Morgan fingerprint density at radius 3 is 2.71 bits per heavy atom. The summed E-state index contributed by atoms with van der Waals surface area (Å²) in [5.41, 5.74) is 2.35. The summed E-state index contributed by atoms with van der Waals surface area (Å²) < 4.78 is 10.4. The van der Waals surface area contributed by atoms with Gasteiger partial charge in [-0.3, -0.25) is 15.2 Å². The Labute approximate surface area is 165 Å². The van der Waals surface area contributed by atoms with Gasteiger partial charge < -0.3 is 9.47 Å². The van der Waals surface area contributed by atoms with Crippen LogP contribution < -0.4 is 10.4 Å². The van der Waals surface area contributed by atoms with Crippen LogP contribution in [0.5, 0.6) is 0 Å². The molecule has 8 heteroatoms. The van der Waals surface area contributed by atoms with Crippen LogP contribution in [0, 0.1) is 0 Å². The molecule has 0 radical (unpaired) electrons. The first-order chi connectivity index (χ1) is 13.3. The van der Waals surface area contributed by atoms with E-state index in [1.165, 1.54) is 0 Å². The van der Waals surface area contributed by atoms with Crippen molar-refractivity contribution in [3.8, 4) is 0 Å². The van der Waals surface area contributed by atoms with Crippen LogP contribution in [0.3, 0.4) is 0 Å². The first-order valence-corrected chi connectivity index (χ1v) is 9.52. The molecule has 0 saturated carbocycles. The lowest BCUT2D eigenvalue weighted by Crippen LogP contribution is -2.38. The maximum atomic E-state index is 12.6.